The molecule has 2 unspecified atom stereocenters. The number of benzene rings is 1. The summed E-state index contributed by atoms with van der Waals surface area (Å²) in [6.45, 7) is 0.286. The summed E-state index contributed by atoms with van der Waals surface area (Å²) in [5, 5.41) is 0. The van der Waals surface area contributed by atoms with Crippen molar-refractivity contribution in [3.05, 3.63) is 45.3 Å². The number of carbonyl (C=O) groups is 2. The Morgan fingerprint density at radius 1 is 1.17 bits per heavy atom. The molecule has 0 aromatic heterocycles. The fourth-order valence-corrected chi connectivity index (χ4v) is 4.06. The van der Waals surface area contributed by atoms with Crippen molar-refractivity contribution in [2.45, 2.75) is 18.8 Å². The Balaban J connectivity index is 1.91. The van der Waals surface area contributed by atoms with Crippen molar-refractivity contribution < 1.29 is 18.7 Å². The van der Waals surface area contributed by atoms with Gasteiger partial charge in [0.25, 0.3) is 0 Å². The number of ether oxygens (including phenoxy) is 1. The average molecular weight is 378 g/mol. The molecule has 2 heterocycles. The minimum absolute atomic E-state index is 0.00343. The fourth-order valence-electron chi connectivity index (χ4n) is 3.66. The van der Waals surface area contributed by atoms with Gasteiger partial charge in [-0.3, -0.25) is 14.6 Å². The monoisotopic (exact) mass is 377 g/mol. The Kier molecular flexibility index (Phi) is 3.54. The lowest BCUT2D eigenvalue weighted by molar-refractivity contribution is -0.122. The van der Waals surface area contributed by atoms with Crippen molar-refractivity contribution in [1.29, 1.82) is 0 Å². The van der Waals surface area contributed by atoms with Gasteiger partial charge in [-0.25, -0.2) is 4.39 Å². The van der Waals surface area contributed by atoms with Crippen LogP contribution in [0.1, 0.15) is 24.3 Å². The first-order valence-electron chi connectivity index (χ1n) is 7.45. The minimum Gasteiger partial charge on any atom is -0.367 e. The predicted molar refractivity (Wildman–Crippen MR) is 84.9 cm³/mol. The van der Waals surface area contributed by atoms with E-state index in [9.17, 15) is 14.0 Å². The van der Waals surface area contributed by atoms with E-state index < -0.39 is 5.92 Å². The van der Waals surface area contributed by atoms with Crippen LogP contribution in [0.2, 0.25) is 0 Å². The van der Waals surface area contributed by atoms with E-state index in [1.165, 1.54) is 6.07 Å². The zero-order valence-corrected chi connectivity index (χ0v) is 13.7. The highest BCUT2D eigenvalue weighted by atomic mass is 79.9. The standard InChI is InChI=1S/C17H13BrFNO3/c18-9-5-8(1-2-10(9)19)15-16-11(3-4-13(16)21)20-12-6-23-7-14(22)17(12)15/h1-2,5,15-16H,3-4,6-7H2. The Bertz CT molecular complexity index is 799. The van der Waals surface area contributed by atoms with Crippen LogP contribution in [-0.2, 0) is 14.3 Å². The second-order valence-electron chi connectivity index (χ2n) is 5.97. The Labute approximate surface area is 140 Å². The Hall–Kier alpha value is -1.66. The van der Waals surface area contributed by atoms with E-state index in [1.54, 1.807) is 12.1 Å². The molecule has 118 valence electrons. The van der Waals surface area contributed by atoms with Gasteiger partial charge in [0.05, 0.1) is 22.7 Å². The third kappa shape index (κ3) is 2.32. The highest BCUT2D eigenvalue weighted by Crippen LogP contribution is 2.45. The van der Waals surface area contributed by atoms with Gasteiger partial charge in [-0.05, 0) is 40.0 Å². The molecule has 4 nitrogen and oxygen atoms in total. The second-order valence-corrected chi connectivity index (χ2v) is 6.83. The zero-order valence-electron chi connectivity index (χ0n) is 12.1. The molecule has 0 amide bonds. The molecule has 0 N–H and O–H groups in total. The van der Waals surface area contributed by atoms with E-state index in [-0.39, 0.29) is 36.5 Å². The molecular formula is C17H13BrFNO3. The number of rotatable bonds is 1. The molecule has 1 saturated carbocycles. The summed E-state index contributed by atoms with van der Waals surface area (Å²) in [5.74, 6) is -1.21. The third-order valence-electron chi connectivity index (χ3n) is 4.64. The molecule has 3 aliphatic rings. The van der Waals surface area contributed by atoms with Gasteiger partial charge in [0.15, 0.2) is 5.78 Å². The second kappa shape index (κ2) is 5.46. The highest BCUT2D eigenvalue weighted by molar-refractivity contribution is 9.10. The maximum absolute atomic E-state index is 13.6. The van der Waals surface area contributed by atoms with Crippen molar-refractivity contribution in [2.24, 2.45) is 10.9 Å². The first kappa shape index (κ1) is 14.9. The van der Waals surface area contributed by atoms with Gasteiger partial charge in [-0.1, -0.05) is 6.07 Å². The molecule has 1 aromatic carbocycles. The molecule has 1 fully saturated rings. The predicted octanol–water partition coefficient (Wildman–Crippen LogP) is 2.96. The van der Waals surface area contributed by atoms with Crippen LogP contribution in [-0.4, -0.2) is 30.5 Å². The van der Waals surface area contributed by atoms with E-state index in [1.807, 2.05) is 0 Å². The molecule has 0 saturated heterocycles. The zero-order chi connectivity index (χ0) is 16.1. The molecular weight excluding hydrogens is 365 g/mol. The number of ketones is 2. The van der Waals surface area contributed by atoms with Crippen LogP contribution >= 0.6 is 15.9 Å². The van der Waals surface area contributed by atoms with E-state index in [0.717, 1.165) is 11.3 Å². The summed E-state index contributed by atoms with van der Waals surface area (Å²) in [6, 6.07) is 4.66. The lowest BCUT2D eigenvalue weighted by Gasteiger charge is -2.33. The number of hydrogen-bond donors (Lipinski definition) is 0. The SMILES string of the molecule is O=C1COCC2=C1C(c1ccc(F)c(Br)c1)C1C(=O)CCC1=N2. The van der Waals surface area contributed by atoms with Gasteiger partial charge >= 0.3 is 0 Å². The number of Topliss-reactive ketones (excluding diaryl/α,β-unsaturated/α-hetero) is 2. The molecule has 1 aliphatic carbocycles. The van der Waals surface area contributed by atoms with Crippen molar-refractivity contribution in [3.63, 3.8) is 0 Å². The minimum atomic E-state index is -0.409. The van der Waals surface area contributed by atoms with Gasteiger partial charge in [-0.15, -0.1) is 0 Å². The lowest BCUT2D eigenvalue weighted by atomic mass is 9.74. The normalized spacial score (nSPS) is 27.0. The molecule has 1 aromatic rings. The summed E-state index contributed by atoms with van der Waals surface area (Å²) < 4.78 is 19.2. The van der Waals surface area contributed by atoms with Crippen molar-refractivity contribution in [1.82, 2.24) is 0 Å². The first-order chi connectivity index (χ1) is 11.1. The van der Waals surface area contributed by atoms with Gasteiger partial charge in [0.1, 0.15) is 18.2 Å². The van der Waals surface area contributed by atoms with Gasteiger partial charge < -0.3 is 4.74 Å². The number of aliphatic imine (C=N–C) groups is 1. The van der Waals surface area contributed by atoms with E-state index >= 15 is 0 Å². The number of fused-ring (bicyclic) bond motifs is 1. The summed E-state index contributed by atoms with van der Waals surface area (Å²) in [4.78, 5) is 29.3. The quantitative estimate of drug-likeness (QED) is 0.755. The molecule has 23 heavy (non-hydrogen) atoms. The van der Waals surface area contributed by atoms with E-state index in [2.05, 4.69) is 20.9 Å². The summed E-state index contributed by atoms with van der Waals surface area (Å²) >= 11 is 3.19. The highest BCUT2D eigenvalue weighted by Gasteiger charge is 2.46. The van der Waals surface area contributed by atoms with Crippen LogP contribution in [0.3, 0.4) is 0 Å². The number of carbonyl (C=O) groups excluding carboxylic acids is 2. The molecule has 2 aliphatic heterocycles. The molecule has 0 radical (unpaired) electrons. The largest absolute Gasteiger partial charge is 0.367 e. The van der Waals surface area contributed by atoms with Crippen LogP contribution in [0.4, 0.5) is 4.39 Å². The summed E-state index contributed by atoms with van der Waals surface area (Å²) in [6.07, 6.45) is 1.06. The maximum Gasteiger partial charge on any atom is 0.187 e. The van der Waals surface area contributed by atoms with Crippen LogP contribution in [0.5, 0.6) is 0 Å². The topological polar surface area (TPSA) is 55.7 Å². The van der Waals surface area contributed by atoms with Crippen LogP contribution in [0.15, 0.2) is 38.9 Å². The van der Waals surface area contributed by atoms with Crippen LogP contribution in [0, 0.1) is 11.7 Å². The lowest BCUT2D eigenvalue weighted by Crippen LogP contribution is -2.36. The van der Waals surface area contributed by atoms with Crippen molar-refractivity contribution >= 4 is 33.2 Å². The number of nitrogens with zero attached hydrogens (tertiary/aromatic N) is 1. The first-order valence-corrected chi connectivity index (χ1v) is 8.24. The smallest absolute Gasteiger partial charge is 0.187 e. The van der Waals surface area contributed by atoms with E-state index in [4.69, 9.17) is 4.74 Å². The number of hydrogen-bond acceptors (Lipinski definition) is 4. The van der Waals surface area contributed by atoms with Crippen molar-refractivity contribution in [3.8, 4) is 0 Å². The van der Waals surface area contributed by atoms with Crippen LogP contribution < -0.4 is 0 Å². The van der Waals surface area contributed by atoms with Crippen LogP contribution in [0.25, 0.3) is 0 Å². The molecule has 0 spiro atoms. The Morgan fingerprint density at radius 2 is 2.00 bits per heavy atom. The Morgan fingerprint density at radius 3 is 2.78 bits per heavy atom. The van der Waals surface area contributed by atoms with E-state index in [0.29, 0.717) is 28.6 Å². The molecule has 0 bridgehead atoms. The van der Waals surface area contributed by atoms with Gasteiger partial charge in [0.2, 0.25) is 0 Å². The summed E-state index contributed by atoms with van der Waals surface area (Å²) in [5.41, 5.74) is 2.75. The third-order valence-corrected chi connectivity index (χ3v) is 5.25. The molecule has 2 atom stereocenters. The maximum atomic E-state index is 13.6. The average Bonchev–Trinajstić information content (AvgIpc) is 2.90. The molecule has 4 rings (SSSR count). The number of halogens is 2. The van der Waals surface area contributed by atoms with Gasteiger partial charge in [0, 0.05) is 23.6 Å². The van der Waals surface area contributed by atoms with Crippen molar-refractivity contribution in [2.75, 3.05) is 13.2 Å². The fraction of sp³-hybridized carbons (Fsp3) is 0.353. The van der Waals surface area contributed by atoms with Gasteiger partial charge in [-0.2, -0.15) is 0 Å². The summed E-state index contributed by atoms with van der Waals surface area (Å²) in [7, 11) is 0. The molecule has 6 heteroatoms.